The number of ether oxygens (including phenoxy) is 2. The third kappa shape index (κ3) is 2.39. The number of allylic oxidation sites excluding steroid dienone is 1. The normalized spacial score (nSPS) is 16.0. The molecule has 0 saturated carbocycles. The Morgan fingerprint density at radius 3 is 2.55 bits per heavy atom. The van der Waals surface area contributed by atoms with Crippen molar-refractivity contribution in [2.45, 2.75) is 0 Å². The van der Waals surface area contributed by atoms with Crippen LogP contribution in [0, 0.1) is 0 Å². The first-order valence-electron chi connectivity index (χ1n) is 6.04. The summed E-state index contributed by atoms with van der Waals surface area (Å²) in [5, 5.41) is 3.57. The van der Waals surface area contributed by atoms with Gasteiger partial charge in [-0.3, -0.25) is 15.4 Å². The minimum absolute atomic E-state index is 0.720. The molecular weight excluding hydrogens is 258 g/mol. The fourth-order valence-electron chi connectivity index (χ4n) is 1.90. The summed E-state index contributed by atoms with van der Waals surface area (Å²) in [7, 11) is 3.24. The Morgan fingerprint density at radius 1 is 1.15 bits per heavy atom. The van der Waals surface area contributed by atoms with Crippen LogP contribution in [0.4, 0.5) is 5.69 Å². The molecule has 0 unspecified atom stereocenters. The van der Waals surface area contributed by atoms with E-state index in [4.69, 9.17) is 9.47 Å². The second-order valence-electron chi connectivity index (χ2n) is 4.18. The molecule has 3 rings (SSSR count). The van der Waals surface area contributed by atoms with E-state index in [1.807, 2.05) is 35.6 Å². The molecule has 20 heavy (non-hydrogen) atoms. The molecule has 0 saturated heterocycles. The standard InChI is InChI=1S/C13H15N5O2/c1-19-12-5-10(6-13(7-12)20-2)15-18-9-11-8-14-3-4-17(11)16-18/h3-9,15-16H,1-2H3. The maximum absolute atomic E-state index is 5.24. The molecule has 7 nitrogen and oxygen atoms in total. The molecule has 2 aliphatic rings. The topological polar surface area (TPSA) is 61.4 Å². The number of methoxy groups -OCH3 is 2. The molecule has 0 aromatic heterocycles. The number of anilines is 1. The van der Waals surface area contributed by atoms with Crippen LogP contribution < -0.4 is 20.4 Å². The zero-order chi connectivity index (χ0) is 13.9. The lowest BCUT2D eigenvalue weighted by molar-refractivity contribution is 0.205. The third-order valence-corrected chi connectivity index (χ3v) is 2.86. The van der Waals surface area contributed by atoms with E-state index in [9.17, 15) is 0 Å². The van der Waals surface area contributed by atoms with E-state index in [1.165, 1.54) is 0 Å². The first-order chi connectivity index (χ1) is 9.78. The summed E-state index contributed by atoms with van der Waals surface area (Å²) < 4.78 is 10.5. The van der Waals surface area contributed by atoms with Crippen LogP contribution in [-0.4, -0.2) is 30.6 Å². The number of nitrogens with one attached hydrogen (secondary N) is 2. The summed E-state index contributed by atoms with van der Waals surface area (Å²) in [4.78, 5) is 4.07. The van der Waals surface area contributed by atoms with Crippen molar-refractivity contribution < 1.29 is 9.47 Å². The van der Waals surface area contributed by atoms with Crippen LogP contribution in [0.5, 0.6) is 11.5 Å². The molecule has 2 N–H and O–H groups in total. The number of hydrogen-bond donors (Lipinski definition) is 2. The van der Waals surface area contributed by atoms with Crippen molar-refractivity contribution in [3.8, 4) is 11.5 Å². The van der Waals surface area contributed by atoms with Gasteiger partial charge >= 0.3 is 0 Å². The molecule has 0 fully saturated rings. The molecule has 0 spiro atoms. The van der Waals surface area contributed by atoms with Crippen LogP contribution in [0.15, 0.2) is 47.5 Å². The molecule has 0 atom stereocenters. The Labute approximate surface area is 116 Å². The number of hydrogen-bond acceptors (Lipinski definition) is 7. The maximum Gasteiger partial charge on any atom is 0.124 e. The number of nitrogens with zero attached hydrogens (tertiary/aromatic N) is 3. The molecule has 2 aliphatic heterocycles. The minimum atomic E-state index is 0.720. The minimum Gasteiger partial charge on any atom is -0.497 e. The third-order valence-electron chi connectivity index (χ3n) is 2.86. The number of hydrazine groups is 3. The predicted molar refractivity (Wildman–Crippen MR) is 75.7 cm³/mol. The molecule has 7 heteroatoms. The van der Waals surface area contributed by atoms with E-state index in [2.05, 4.69) is 16.0 Å². The fourth-order valence-corrected chi connectivity index (χ4v) is 1.90. The van der Waals surface area contributed by atoms with E-state index < -0.39 is 0 Å². The van der Waals surface area contributed by atoms with Crippen molar-refractivity contribution in [3.05, 3.63) is 42.5 Å². The molecule has 2 heterocycles. The van der Waals surface area contributed by atoms with Gasteiger partial charge in [-0.15, -0.1) is 5.53 Å². The van der Waals surface area contributed by atoms with Gasteiger partial charge in [0.05, 0.1) is 38.0 Å². The Balaban J connectivity index is 1.77. The second kappa shape index (κ2) is 5.14. The zero-order valence-corrected chi connectivity index (χ0v) is 11.2. The molecule has 0 amide bonds. The Bertz CT molecular complexity index is 574. The quantitative estimate of drug-likeness (QED) is 0.866. The Morgan fingerprint density at radius 2 is 1.90 bits per heavy atom. The van der Waals surface area contributed by atoms with Crippen molar-refractivity contribution >= 4 is 11.9 Å². The SMILES string of the molecule is COc1cc(NN2C=C3C=NC=CN3N2)cc(OC)c1. The van der Waals surface area contributed by atoms with E-state index in [1.54, 1.807) is 31.8 Å². The summed E-state index contributed by atoms with van der Waals surface area (Å²) in [5.74, 6) is 1.44. The predicted octanol–water partition coefficient (Wildman–Crippen LogP) is 1.46. The van der Waals surface area contributed by atoms with Crippen LogP contribution in [-0.2, 0) is 0 Å². The molecule has 104 valence electrons. The van der Waals surface area contributed by atoms with Crippen molar-refractivity contribution in [2.75, 3.05) is 19.6 Å². The average molecular weight is 273 g/mol. The van der Waals surface area contributed by atoms with Crippen molar-refractivity contribution in [2.24, 2.45) is 4.99 Å². The highest BCUT2D eigenvalue weighted by atomic mass is 16.5. The first-order valence-corrected chi connectivity index (χ1v) is 6.04. The lowest BCUT2D eigenvalue weighted by atomic mass is 10.3. The van der Waals surface area contributed by atoms with Crippen molar-refractivity contribution in [1.82, 2.24) is 15.7 Å². The van der Waals surface area contributed by atoms with E-state index in [0.717, 1.165) is 22.9 Å². The highest BCUT2D eigenvalue weighted by molar-refractivity contribution is 5.79. The second-order valence-corrected chi connectivity index (χ2v) is 4.18. The smallest absolute Gasteiger partial charge is 0.124 e. The summed E-state index contributed by atoms with van der Waals surface area (Å²) in [5.41, 5.74) is 8.09. The average Bonchev–Trinajstić information content (AvgIpc) is 2.88. The molecule has 0 aliphatic carbocycles. The van der Waals surface area contributed by atoms with Crippen LogP contribution in [0.2, 0.25) is 0 Å². The van der Waals surface area contributed by atoms with Gasteiger partial charge in [0.25, 0.3) is 0 Å². The van der Waals surface area contributed by atoms with Gasteiger partial charge in [-0.2, -0.15) is 0 Å². The van der Waals surface area contributed by atoms with E-state index >= 15 is 0 Å². The summed E-state index contributed by atoms with van der Waals surface area (Å²) in [6, 6.07) is 5.58. The van der Waals surface area contributed by atoms with Gasteiger partial charge in [0, 0.05) is 30.6 Å². The van der Waals surface area contributed by atoms with Crippen molar-refractivity contribution in [3.63, 3.8) is 0 Å². The van der Waals surface area contributed by atoms with Gasteiger partial charge < -0.3 is 9.47 Å². The van der Waals surface area contributed by atoms with Crippen molar-refractivity contribution in [1.29, 1.82) is 0 Å². The first kappa shape index (κ1) is 12.4. The van der Waals surface area contributed by atoms with Crippen LogP contribution in [0.25, 0.3) is 0 Å². The fraction of sp³-hybridized carbons (Fsp3) is 0.154. The largest absolute Gasteiger partial charge is 0.497 e. The number of rotatable bonds is 4. The summed E-state index contributed by atoms with van der Waals surface area (Å²) >= 11 is 0. The maximum atomic E-state index is 5.24. The van der Waals surface area contributed by atoms with Crippen LogP contribution in [0.1, 0.15) is 0 Å². The Hall–Kier alpha value is -2.67. The van der Waals surface area contributed by atoms with E-state index in [0.29, 0.717) is 0 Å². The number of benzene rings is 1. The number of fused-ring (bicyclic) bond motifs is 1. The molecule has 1 aromatic rings. The highest BCUT2D eigenvalue weighted by Crippen LogP contribution is 2.26. The lowest BCUT2D eigenvalue weighted by Crippen LogP contribution is -2.41. The summed E-state index contributed by atoms with van der Waals surface area (Å²) in [6.45, 7) is 0. The number of aliphatic imine (C=N–C) groups is 1. The van der Waals surface area contributed by atoms with Gasteiger partial charge in [-0.05, 0) is 0 Å². The summed E-state index contributed by atoms with van der Waals surface area (Å²) in [6.07, 6.45) is 7.20. The highest BCUT2D eigenvalue weighted by Gasteiger charge is 2.19. The molecular formula is C13H15N5O2. The van der Waals surface area contributed by atoms with Gasteiger partial charge in [-0.1, -0.05) is 0 Å². The molecule has 0 bridgehead atoms. The van der Waals surface area contributed by atoms with Gasteiger partial charge in [0.15, 0.2) is 0 Å². The Kier molecular flexibility index (Phi) is 3.18. The molecule has 1 aromatic carbocycles. The van der Waals surface area contributed by atoms with Gasteiger partial charge in [-0.25, -0.2) is 5.12 Å². The molecule has 0 radical (unpaired) electrons. The monoisotopic (exact) mass is 273 g/mol. The van der Waals surface area contributed by atoms with E-state index in [-0.39, 0.29) is 0 Å². The zero-order valence-electron chi connectivity index (χ0n) is 11.2. The van der Waals surface area contributed by atoms with Gasteiger partial charge in [0.2, 0.25) is 0 Å². The van der Waals surface area contributed by atoms with Crippen LogP contribution in [0.3, 0.4) is 0 Å². The lowest BCUT2D eigenvalue weighted by Gasteiger charge is -2.22. The van der Waals surface area contributed by atoms with Gasteiger partial charge in [0.1, 0.15) is 11.5 Å². The van der Waals surface area contributed by atoms with Crippen LogP contribution >= 0.6 is 0 Å².